The average Bonchev–Trinajstić information content (AvgIpc) is 2.27. The van der Waals surface area contributed by atoms with Crippen molar-refractivity contribution >= 4 is 5.91 Å². The van der Waals surface area contributed by atoms with E-state index < -0.39 is 0 Å². The van der Waals surface area contributed by atoms with Crippen LogP contribution in [0.3, 0.4) is 0 Å². The van der Waals surface area contributed by atoms with Gasteiger partial charge >= 0.3 is 0 Å². The Labute approximate surface area is 110 Å². The minimum absolute atomic E-state index is 0.0555. The Hall–Kier alpha value is -1.35. The summed E-state index contributed by atoms with van der Waals surface area (Å²) in [5, 5.41) is 6.09. The monoisotopic (exact) mass is 248 g/mol. The predicted molar refractivity (Wildman–Crippen MR) is 75.6 cm³/mol. The van der Waals surface area contributed by atoms with E-state index in [1.54, 1.807) is 0 Å². The van der Waals surface area contributed by atoms with Crippen molar-refractivity contribution in [1.82, 2.24) is 10.6 Å². The lowest BCUT2D eigenvalue weighted by molar-refractivity contribution is -0.122. The van der Waals surface area contributed by atoms with Gasteiger partial charge in [0.25, 0.3) is 0 Å². The molecule has 3 nitrogen and oxygen atoms in total. The first-order valence-corrected chi connectivity index (χ1v) is 6.53. The summed E-state index contributed by atoms with van der Waals surface area (Å²) >= 11 is 0. The number of hydrogen-bond acceptors (Lipinski definition) is 2. The number of benzene rings is 1. The molecule has 2 N–H and O–H groups in total. The van der Waals surface area contributed by atoms with Crippen LogP contribution in [-0.2, 0) is 11.3 Å². The summed E-state index contributed by atoms with van der Waals surface area (Å²) in [7, 11) is 0. The zero-order valence-electron chi connectivity index (χ0n) is 12.1. The molecule has 0 saturated heterocycles. The molecule has 18 heavy (non-hydrogen) atoms. The van der Waals surface area contributed by atoms with Gasteiger partial charge in [0.05, 0.1) is 6.04 Å². The summed E-state index contributed by atoms with van der Waals surface area (Å²) in [5.41, 5.74) is 5.13. The molecule has 0 heterocycles. The zero-order valence-corrected chi connectivity index (χ0v) is 12.1. The summed E-state index contributed by atoms with van der Waals surface area (Å²) in [6, 6.07) is 4.20. The third-order valence-electron chi connectivity index (χ3n) is 3.17. The van der Waals surface area contributed by atoms with E-state index in [2.05, 4.69) is 43.5 Å². The number of rotatable bonds is 5. The van der Waals surface area contributed by atoms with Crippen LogP contribution in [0.1, 0.15) is 36.1 Å². The van der Waals surface area contributed by atoms with Crippen LogP contribution in [0, 0.1) is 20.8 Å². The molecule has 0 fully saturated rings. The summed E-state index contributed by atoms with van der Waals surface area (Å²) in [4.78, 5) is 11.6. The van der Waals surface area contributed by atoms with Crippen LogP contribution in [0.4, 0.5) is 0 Å². The standard InChI is InChI=1S/C15H24N2O/c1-6-16-15(18)13(5)17-9-14-11(3)7-10(2)8-12(14)4/h7-8,13,17H,6,9H2,1-5H3,(H,16,18). The fraction of sp³-hybridized carbons (Fsp3) is 0.533. The number of carbonyl (C=O) groups excluding carboxylic acids is 1. The molecular weight excluding hydrogens is 224 g/mol. The Kier molecular flexibility index (Phi) is 5.35. The smallest absolute Gasteiger partial charge is 0.236 e. The number of amides is 1. The first-order chi connectivity index (χ1) is 8.45. The molecular formula is C15H24N2O. The van der Waals surface area contributed by atoms with Crippen molar-refractivity contribution in [2.45, 2.75) is 47.2 Å². The molecule has 1 aromatic carbocycles. The van der Waals surface area contributed by atoms with Crippen molar-refractivity contribution < 1.29 is 4.79 Å². The van der Waals surface area contributed by atoms with E-state index in [1.807, 2.05) is 13.8 Å². The second-order valence-electron chi connectivity index (χ2n) is 4.87. The van der Waals surface area contributed by atoms with Crippen molar-refractivity contribution in [2.24, 2.45) is 0 Å². The molecule has 0 saturated carbocycles. The SMILES string of the molecule is CCNC(=O)C(C)NCc1c(C)cc(C)cc1C. The third-order valence-corrected chi connectivity index (χ3v) is 3.17. The van der Waals surface area contributed by atoms with Gasteiger partial charge in [-0.05, 0) is 51.3 Å². The fourth-order valence-electron chi connectivity index (χ4n) is 2.16. The predicted octanol–water partition coefficient (Wildman–Crippen LogP) is 2.23. The van der Waals surface area contributed by atoms with Crippen LogP contribution in [0.25, 0.3) is 0 Å². The van der Waals surface area contributed by atoms with E-state index in [0.717, 1.165) is 6.54 Å². The molecule has 0 radical (unpaired) electrons. The number of hydrogen-bond donors (Lipinski definition) is 2. The molecule has 0 aliphatic carbocycles. The van der Waals surface area contributed by atoms with Gasteiger partial charge in [-0.2, -0.15) is 0 Å². The van der Waals surface area contributed by atoms with E-state index in [4.69, 9.17) is 0 Å². The molecule has 0 aliphatic heterocycles. The maximum absolute atomic E-state index is 11.6. The van der Waals surface area contributed by atoms with Gasteiger partial charge in [0.2, 0.25) is 5.91 Å². The van der Waals surface area contributed by atoms with E-state index in [-0.39, 0.29) is 11.9 Å². The van der Waals surface area contributed by atoms with E-state index in [1.165, 1.54) is 22.3 Å². The Morgan fingerprint density at radius 1 is 1.22 bits per heavy atom. The van der Waals surface area contributed by atoms with Crippen molar-refractivity contribution in [2.75, 3.05) is 6.54 Å². The molecule has 1 atom stereocenters. The first kappa shape index (κ1) is 14.7. The van der Waals surface area contributed by atoms with Gasteiger partial charge in [-0.3, -0.25) is 4.79 Å². The summed E-state index contributed by atoms with van der Waals surface area (Å²) in [6.45, 7) is 11.6. The van der Waals surface area contributed by atoms with Crippen LogP contribution >= 0.6 is 0 Å². The highest BCUT2D eigenvalue weighted by Crippen LogP contribution is 2.16. The van der Waals surface area contributed by atoms with E-state index in [9.17, 15) is 4.79 Å². The lowest BCUT2D eigenvalue weighted by Gasteiger charge is -2.16. The second kappa shape index (κ2) is 6.55. The Morgan fingerprint density at radius 2 is 1.78 bits per heavy atom. The molecule has 0 spiro atoms. The largest absolute Gasteiger partial charge is 0.355 e. The summed E-state index contributed by atoms with van der Waals surface area (Å²) < 4.78 is 0. The van der Waals surface area contributed by atoms with Gasteiger partial charge in [-0.25, -0.2) is 0 Å². The summed E-state index contributed by atoms with van der Waals surface area (Å²) in [5.74, 6) is 0.0555. The van der Waals surface area contributed by atoms with Crippen molar-refractivity contribution in [3.63, 3.8) is 0 Å². The van der Waals surface area contributed by atoms with Gasteiger partial charge in [-0.15, -0.1) is 0 Å². The molecule has 0 aliphatic rings. The van der Waals surface area contributed by atoms with Gasteiger partial charge in [0.1, 0.15) is 0 Å². The van der Waals surface area contributed by atoms with Crippen LogP contribution in [0.2, 0.25) is 0 Å². The quantitative estimate of drug-likeness (QED) is 0.839. The molecule has 0 aromatic heterocycles. The van der Waals surface area contributed by atoms with Crippen molar-refractivity contribution in [3.8, 4) is 0 Å². The van der Waals surface area contributed by atoms with Crippen LogP contribution in [0.5, 0.6) is 0 Å². The molecule has 0 bridgehead atoms. The van der Waals surface area contributed by atoms with Crippen molar-refractivity contribution in [3.05, 3.63) is 34.4 Å². The normalized spacial score (nSPS) is 12.3. The van der Waals surface area contributed by atoms with Crippen molar-refractivity contribution in [1.29, 1.82) is 0 Å². The molecule has 1 aromatic rings. The molecule has 1 unspecified atom stereocenters. The first-order valence-electron chi connectivity index (χ1n) is 6.53. The van der Waals surface area contributed by atoms with Gasteiger partial charge in [0.15, 0.2) is 0 Å². The molecule has 1 amide bonds. The lowest BCUT2D eigenvalue weighted by Crippen LogP contribution is -2.41. The number of nitrogens with one attached hydrogen (secondary N) is 2. The minimum atomic E-state index is -0.162. The maximum Gasteiger partial charge on any atom is 0.236 e. The number of aryl methyl sites for hydroxylation is 3. The Balaban J connectivity index is 2.66. The minimum Gasteiger partial charge on any atom is -0.355 e. The van der Waals surface area contributed by atoms with E-state index in [0.29, 0.717) is 6.54 Å². The molecule has 100 valence electrons. The number of carbonyl (C=O) groups is 1. The molecule has 3 heteroatoms. The van der Waals surface area contributed by atoms with Gasteiger partial charge in [-0.1, -0.05) is 17.7 Å². The highest BCUT2D eigenvalue weighted by Gasteiger charge is 2.12. The Morgan fingerprint density at radius 3 is 2.28 bits per heavy atom. The topological polar surface area (TPSA) is 41.1 Å². The number of likely N-dealkylation sites (N-methyl/N-ethyl adjacent to an activating group) is 1. The summed E-state index contributed by atoms with van der Waals surface area (Å²) in [6.07, 6.45) is 0. The molecule has 1 rings (SSSR count). The maximum atomic E-state index is 11.6. The van der Waals surface area contributed by atoms with Crippen LogP contribution in [0.15, 0.2) is 12.1 Å². The fourth-order valence-corrected chi connectivity index (χ4v) is 2.16. The van der Waals surface area contributed by atoms with Gasteiger partial charge < -0.3 is 10.6 Å². The van der Waals surface area contributed by atoms with Crippen LogP contribution < -0.4 is 10.6 Å². The highest BCUT2D eigenvalue weighted by molar-refractivity contribution is 5.81. The zero-order chi connectivity index (χ0) is 13.7. The van der Waals surface area contributed by atoms with Gasteiger partial charge in [0, 0.05) is 13.1 Å². The Bertz CT molecular complexity index is 403. The highest BCUT2D eigenvalue weighted by atomic mass is 16.2. The van der Waals surface area contributed by atoms with Crippen LogP contribution in [-0.4, -0.2) is 18.5 Å². The second-order valence-corrected chi connectivity index (χ2v) is 4.87. The third kappa shape index (κ3) is 3.84. The lowest BCUT2D eigenvalue weighted by atomic mass is 9.99. The average molecular weight is 248 g/mol. The van der Waals surface area contributed by atoms with E-state index >= 15 is 0 Å².